The minimum atomic E-state index is -3.58. The Morgan fingerprint density at radius 3 is 2.37 bits per heavy atom. The van der Waals surface area contributed by atoms with Crippen LogP contribution in [-0.2, 0) is 14.6 Å². The van der Waals surface area contributed by atoms with Gasteiger partial charge in [-0.15, -0.1) is 0 Å². The first-order valence-corrected chi connectivity index (χ1v) is 10.4. The van der Waals surface area contributed by atoms with Crippen molar-refractivity contribution in [1.82, 2.24) is 0 Å². The largest absolute Gasteiger partial charge is 0.322 e. The number of Topliss-reactive ketones (excluding diaryl/α,β-unsaturated/α-hetero) is 1. The maximum absolute atomic E-state index is 12.6. The zero-order valence-electron chi connectivity index (χ0n) is 16.1. The Bertz CT molecular complexity index is 964. The van der Waals surface area contributed by atoms with E-state index in [0.717, 1.165) is 11.1 Å². The molecule has 2 rings (SSSR count). The molecule has 0 aliphatic carbocycles. The summed E-state index contributed by atoms with van der Waals surface area (Å²) in [5, 5.41) is 2.79. The molecule has 5 nitrogen and oxygen atoms in total. The summed E-state index contributed by atoms with van der Waals surface area (Å²) >= 11 is 0. The molecule has 0 aliphatic heterocycles. The Labute approximate surface area is 160 Å². The lowest BCUT2D eigenvalue weighted by atomic mass is 10.1. The zero-order valence-corrected chi connectivity index (χ0v) is 16.9. The lowest BCUT2D eigenvalue weighted by Gasteiger charge is -2.12. The van der Waals surface area contributed by atoms with Gasteiger partial charge in [-0.25, -0.2) is 8.42 Å². The Morgan fingerprint density at radius 2 is 1.74 bits per heavy atom. The van der Waals surface area contributed by atoms with Crippen LogP contribution in [0.1, 0.15) is 41.8 Å². The number of anilines is 1. The molecule has 2 aromatic rings. The second kappa shape index (κ2) is 8.48. The first-order valence-electron chi connectivity index (χ1n) is 8.79. The molecule has 144 valence electrons. The molecule has 0 aromatic heterocycles. The fraction of sp³-hybridized carbons (Fsp3) is 0.333. The molecule has 2 aromatic carbocycles. The van der Waals surface area contributed by atoms with Gasteiger partial charge in [-0.3, -0.25) is 4.79 Å². The van der Waals surface area contributed by atoms with Crippen LogP contribution >= 0.6 is 0 Å². The molecule has 6 heteroatoms. The molecule has 0 radical (unpaired) electrons. The minimum absolute atomic E-state index is 0.0424. The molecular weight excluding hydrogens is 362 g/mol. The second-order valence-corrected chi connectivity index (χ2v) is 9.11. The highest BCUT2D eigenvalue weighted by atomic mass is 32.2. The summed E-state index contributed by atoms with van der Waals surface area (Å²) in [6.45, 7) is 7.12. The summed E-state index contributed by atoms with van der Waals surface area (Å²) in [5.41, 5.74) is 3.12. The number of nitrogens with one attached hydrogen (secondary N) is 1. The molecule has 0 fully saturated rings. The molecule has 1 unspecified atom stereocenters. The number of ketones is 1. The summed E-state index contributed by atoms with van der Waals surface area (Å²) in [6.07, 6.45) is 0.214. The molecule has 0 spiro atoms. The van der Waals surface area contributed by atoms with Crippen LogP contribution in [-0.4, -0.2) is 25.9 Å². The number of hydrogen-bond donors (Lipinski definition) is 1. The topological polar surface area (TPSA) is 80.3 Å². The fourth-order valence-corrected chi connectivity index (χ4v) is 4.53. The first-order chi connectivity index (χ1) is 12.6. The van der Waals surface area contributed by atoms with Crippen molar-refractivity contribution < 1.29 is 18.0 Å². The van der Waals surface area contributed by atoms with Gasteiger partial charge < -0.3 is 10.1 Å². The van der Waals surface area contributed by atoms with Gasteiger partial charge >= 0.3 is 0 Å². The Balaban J connectivity index is 2.19. The fourth-order valence-electron chi connectivity index (χ4n) is 2.87. The Morgan fingerprint density at radius 1 is 1.04 bits per heavy atom. The van der Waals surface area contributed by atoms with Crippen LogP contribution in [0, 0.1) is 19.8 Å². The molecular formula is C21H25NO4S. The van der Waals surface area contributed by atoms with Crippen LogP contribution in [0.15, 0.2) is 47.4 Å². The van der Waals surface area contributed by atoms with Crippen LogP contribution < -0.4 is 5.32 Å². The van der Waals surface area contributed by atoms with Gasteiger partial charge in [0.1, 0.15) is 5.78 Å². The van der Waals surface area contributed by atoms with E-state index in [0.29, 0.717) is 5.69 Å². The number of hydrogen-bond acceptors (Lipinski definition) is 4. The predicted octanol–water partition coefficient (Wildman–Crippen LogP) is 3.94. The SMILES string of the molecule is CC(=O)CC(C)CS(=O)(=O)c1cccc(C(=O)Nc2ccc(C)c(C)c2)c1. The normalized spacial score (nSPS) is 12.4. The van der Waals surface area contributed by atoms with Gasteiger partial charge in [0, 0.05) is 17.7 Å². The summed E-state index contributed by atoms with van der Waals surface area (Å²) in [4.78, 5) is 23.8. The van der Waals surface area contributed by atoms with E-state index in [1.165, 1.54) is 19.1 Å². The third-order valence-electron chi connectivity index (χ3n) is 4.36. The Kier molecular flexibility index (Phi) is 6.54. The monoisotopic (exact) mass is 387 g/mol. The van der Waals surface area contributed by atoms with Gasteiger partial charge in [0.2, 0.25) is 0 Å². The van der Waals surface area contributed by atoms with Crippen molar-refractivity contribution in [3.8, 4) is 0 Å². The number of carbonyl (C=O) groups excluding carboxylic acids is 2. The quantitative estimate of drug-likeness (QED) is 0.780. The molecule has 0 aliphatic rings. The van der Waals surface area contributed by atoms with Gasteiger partial charge in [0.15, 0.2) is 9.84 Å². The number of aryl methyl sites for hydroxylation is 2. The predicted molar refractivity (Wildman–Crippen MR) is 107 cm³/mol. The summed E-state index contributed by atoms with van der Waals surface area (Å²) in [6, 6.07) is 11.6. The smallest absolute Gasteiger partial charge is 0.255 e. The number of sulfone groups is 1. The lowest BCUT2D eigenvalue weighted by Crippen LogP contribution is -2.17. The van der Waals surface area contributed by atoms with E-state index in [1.807, 2.05) is 32.0 Å². The van der Waals surface area contributed by atoms with Crippen LogP contribution in [0.5, 0.6) is 0 Å². The van der Waals surface area contributed by atoms with Crippen LogP contribution in [0.3, 0.4) is 0 Å². The van der Waals surface area contributed by atoms with E-state index < -0.39 is 9.84 Å². The van der Waals surface area contributed by atoms with Gasteiger partial charge in [-0.05, 0) is 68.1 Å². The average molecular weight is 388 g/mol. The molecule has 0 saturated carbocycles. The molecule has 1 atom stereocenters. The van der Waals surface area contributed by atoms with E-state index in [-0.39, 0.29) is 40.2 Å². The van der Waals surface area contributed by atoms with Crippen molar-refractivity contribution >= 4 is 27.2 Å². The van der Waals surface area contributed by atoms with Gasteiger partial charge in [-0.1, -0.05) is 19.1 Å². The van der Waals surface area contributed by atoms with Gasteiger partial charge in [0.25, 0.3) is 5.91 Å². The molecule has 1 amide bonds. The van der Waals surface area contributed by atoms with Crippen molar-refractivity contribution in [1.29, 1.82) is 0 Å². The lowest BCUT2D eigenvalue weighted by molar-refractivity contribution is -0.117. The summed E-state index contributed by atoms with van der Waals surface area (Å²) < 4.78 is 25.2. The highest BCUT2D eigenvalue weighted by Gasteiger charge is 2.21. The third kappa shape index (κ3) is 5.76. The first kappa shape index (κ1) is 20.8. The van der Waals surface area contributed by atoms with Crippen LogP contribution in [0.25, 0.3) is 0 Å². The number of amides is 1. The van der Waals surface area contributed by atoms with Gasteiger partial charge in [-0.2, -0.15) is 0 Å². The molecule has 0 saturated heterocycles. The maximum Gasteiger partial charge on any atom is 0.255 e. The van der Waals surface area contributed by atoms with E-state index in [4.69, 9.17) is 0 Å². The van der Waals surface area contributed by atoms with E-state index in [9.17, 15) is 18.0 Å². The zero-order chi connectivity index (χ0) is 20.2. The van der Waals surface area contributed by atoms with E-state index >= 15 is 0 Å². The Hall–Kier alpha value is -2.47. The summed E-state index contributed by atoms with van der Waals surface area (Å²) in [7, 11) is -3.58. The highest BCUT2D eigenvalue weighted by Crippen LogP contribution is 2.19. The molecule has 1 N–H and O–H groups in total. The molecule has 0 heterocycles. The van der Waals surface area contributed by atoms with Crippen LogP contribution in [0.2, 0.25) is 0 Å². The minimum Gasteiger partial charge on any atom is -0.322 e. The van der Waals surface area contributed by atoms with Gasteiger partial charge in [0.05, 0.1) is 10.6 Å². The van der Waals surface area contributed by atoms with Crippen molar-refractivity contribution in [3.63, 3.8) is 0 Å². The van der Waals surface area contributed by atoms with E-state index in [1.54, 1.807) is 19.1 Å². The van der Waals surface area contributed by atoms with Crippen LogP contribution in [0.4, 0.5) is 5.69 Å². The van der Waals surface area contributed by atoms with Crippen molar-refractivity contribution in [2.24, 2.45) is 5.92 Å². The van der Waals surface area contributed by atoms with Crippen molar-refractivity contribution in [2.45, 2.75) is 39.0 Å². The number of benzene rings is 2. The molecule has 27 heavy (non-hydrogen) atoms. The molecule has 0 bridgehead atoms. The standard InChI is InChI=1S/C21H25NO4S/c1-14(10-17(4)23)13-27(25,26)20-7-5-6-18(12-20)21(24)22-19-9-8-15(2)16(3)11-19/h5-9,11-12,14H,10,13H2,1-4H3,(H,22,24). The average Bonchev–Trinajstić information content (AvgIpc) is 2.57. The highest BCUT2D eigenvalue weighted by molar-refractivity contribution is 7.91. The van der Waals surface area contributed by atoms with Crippen molar-refractivity contribution in [3.05, 3.63) is 59.2 Å². The second-order valence-electron chi connectivity index (χ2n) is 7.07. The number of carbonyl (C=O) groups is 2. The third-order valence-corrected chi connectivity index (χ3v) is 6.34. The van der Waals surface area contributed by atoms with E-state index in [2.05, 4.69) is 5.32 Å². The van der Waals surface area contributed by atoms with Crippen molar-refractivity contribution in [2.75, 3.05) is 11.1 Å². The summed E-state index contributed by atoms with van der Waals surface area (Å²) in [5.74, 6) is -0.818. The number of rotatable bonds is 7. The maximum atomic E-state index is 12.6.